The summed E-state index contributed by atoms with van der Waals surface area (Å²) in [6, 6.07) is 12.9. The van der Waals surface area contributed by atoms with E-state index in [1.807, 2.05) is 31.2 Å². The first kappa shape index (κ1) is 15.8. The van der Waals surface area contributed by atoms with E-state index in [-0.39, 0.29) is 5.56 Å². The van der Waals surface area contributed by atoms with Crippen molar-refractivity contribution in [3.8, 4) is 0 Å². The first-order chi connectivity index (χ1) is 10.4. The number of benzene rings is 2. The van der Waals surface area contributed by atoms with E-state index in [2.05, 4.69) is 4.72 Å². The van der Waals surface area contributed by atoms with Crippen molar-refractivity contribution in [2.24, 2.45) is 0 Å². The van der Waals surface area contributed by atoms with Crippen LogP contribution < -0.4 is 4.72 Å². The third-order valence-electron chi connectivity index (χ3n) is 2.91. The standard InChI is InChI=1S/C16H15NO4S/c1-12-2-4-13(5-3-12)10-11-22(20,21)17-15-8-6-14(7-9-15)16(18)19/h2-11,17H,1H3,(H,18,19). The molecule has 5 nitrogen and oxygen atoms in total. The van der Waals surface area contributed by atoms with E-state index in [1.54, 1.807) is 0 Å². The molecule has 0 aromatic heterocycles. The van der Waals surface area contributed by atoms with Gasteiger partial charge in [0, 0.05) is 5.69 Å². The lowest BCUT2D eigenvalue weighted by Gasteiger charge is -2.04. The maximum atomic E-state index is 11.9. The van der Waals surface area contributed by atoms with Crippen LogP contribution in [0.2, 0.25) is 0 Å². The van der Waals surface area contributed by atoms with Crippen LogP contribution in [0.4, 0.5) is 5.69 Å². The van der Waals surface area contributed by atoms with Crippen molar-refractivity contribution in [1.29, 1.82) is 0 Å². The number of nitrogens with one attached hydrogen (secondary N) is 1. The van der Waals surface area contributed by atoms with Gasteiger partial charge >= 0.3 is 5.97 Å². The second-order valence-corrected chi connectivity index (χ2v) is 6.31. The molecule has 0 amide bonds. The SMILES string of the molecule is Cc1ccc(C=CS(=O)(=O)Nc2ccc(C(=O)O)cc2)cc1. The van der Waals surface area contributed by atoms with Crippen LogP contribution in [-0.4, -0.2) is 19.5 Å². The highest BCUT2D eigenvalue weighted by atomic mass is 32.2. The van der Waals surface area contributed by atoms with Gasteiger partial charge in [-0.2, -0.15) is 0 Å². The lowest BCUT2D eigenvalue weighted by Crippen LogP contribution is -2.09. The maximum absolute atomic E-state index is 11.9. The van der Waals surface area contributed by atoms with Crippen LogP contribution in [0, 0.1) is 6.92 Å². The van der Waals surface area contributed by atoms with Gasteiger partial charge in [-0.3, -0.25) is 4.72 Å². The van der Waals surface area contributed by atoms with Crippen LogP contribution in [0.5, 0.6) is 0 Å². The molecule has 0 spiro atoms. The Labute approximate surface area is 129 Å². The average molecular weight is 317 g/mol. The zero-order chi connectivity index (χ0) is 16.2. The lowest BCUT2D eigenvalue weighted by atomic mass is 10.2. The third kappa shape index (κ3) is 4.46. The van der Waals surface area contributed by atoms with Crippen molar-refractivity contribution in [2.45, 2.75) is 6.92 Å². The number of rotatable bonds is 5. The molecule has 2 aromatic carbocycles. The van der Waals surface area contributed by atoms with E-state index >= 15 is 0 Å². The predicted molar refractivity (Wildman–Crippen MR) is 86.2 cm³/mol. The maximum Gasteiger partial charge on any atom is 0.335 e. The molecular weight excluding hydrogens is 302 g/mol. The van der Waals surface area contributed by atoms with E-state index < -0.39 is 16.0 Å². The first-order valence-electron chi connectivity index (χ1n) is 6.47. The molecule has 0 aliphatic carbocycles. The topological polar surface area (TPSA) is 83.5 Å². The number of carboxylic acid groups (broad SMARTS) is 1. The van der Waals surface area contributed by atoms with E-state index in [1.165, 1.54) is 30.3 Å². The van der Waals surface area contributed by atoms with Crippen molar-refractivity contribution in [2.75, 3.05) is 4.72 Å². The van der Waals surface area contributed by atoms with Crippen molar-refractivity contribution < 1.29 is 18.3 Å². The number of hydrogen-bond acceptors (Lipinski definition) is 3. The molecule has 0 aliphatic heterocycles. The van der Waals surface area contributed by atoms with Gasteiger partial charge in [0.1, 0.15) is 0 Å². The summed E-state index contributed by atoms with van der Waals surface area (Å²) in [7, 11) is -3.65. The molecule has 0 heterocycles. The molecule has 22 heavy (non-hydrogen) atoms. The van der Waals surface area contributed by atoms with Crippen LogP contribution >= 0.6 is 0 Å². The van der Waals surface area contributed by atoms with Gasteiger partial charge in [-0.25, -0.2) is 13.2 Å². The molecule has 2 N–H and O–H groups in total. The minimum atomic E-state index is -3.65. The van der Waals surface area contributed by atoms with E-state index in [4.69, 9.17) is 5.11 Å². The van der Waals surface area contributed by atoms with Gasteiger partial charge in [-0.1, -0.05) is 29.8 Å². The highest BCUT2D eigenvalue weighted by Gasteiger charge is 2.07. The Morgan fingerprint density at radius 1 is 1.05 bits per heavy atom. The van der Waals surface area contributed by atoms with E-state index in [0.717, 1.165) is 16.5 Å². The summed E-state index contributed by atoms with van der Waals surface area (Å²) in [6.07, 6.45) is 1.49. The van der Waals surface area contributed by atoms with E-state index in [0.29, 0.717) is 5.69 Å². The highest BCUT2D eigenvalue weighted by molar-refractivity contribution is 7.95. The summed E-state index contributed by atoms with van der Waals surface area (Å²) in [4.78, 5) is 10.7. The monoisotopic (exact) mass is 317 g/mol. The molecule has 0 saturated heterocycles. The summed E-state index contributed by atoms with van der Waals surface area (Å²) in [5, 5.41) is 9.86. The van der Waals surface area contributed by atoms with Gasteiger partial charge in [0.15, 0.2) is 0 Å². The quantitative estimate of drug-likeness (QED) is 0.887. The molecule has 0 aliphatic rings. The lowest BCUT2D eigenvalue weighted by molar-refractivity contribution is 0.0697. The highest BCUT2D eigenvalue weighted by Crippen LogP contribution is 2.13. The zero-order valence-corrected chi connectivity index (χ0v) is 12.7. The average Bonchev–Trinajstić information content (AvgIpc) is 2.47. The van der Waals surface area contributed by atoms with Crippen LogP contribution in [0.25, 0.3) is 6.08 Å². The number of carboxylic acids is 1. The molecule has 6 heteroatoms. The smallest absolute Gasteiger partial charge is 0.335 e. The Kier molecular flexibility index (Phi) is 4.62. The Bertz CT molecular complexity index is 791. The fourth-order valence-corrected chi connectivity index (χ4v) is 2.59. The van der Waals surface area contributed by atoms with Crippen LogP contribution in [0.15, 0.2) is 53.9 Å². The van der Waals surface area contributed by atoms with Gasteiger partial charge in [-0.15, -0.1) is 0 Å². The Morgan fingerprint density at radius 2 is 1.64 bits per heavy atom. The molecule has 0 fully saturated rings. The molecule has 0 saturated carbocycles. The number of aryl methyl sites for hydroxylation is 1. The van der Waals surface area contributed by atoms with Gasteiger partial charge in [0.05, 0.1) is 11.0 Å². The van der Waals surface area contributed by atoms with Crippen molar-refractivity contribution in [1.82, 2.24) is 0 Å². The fraction of sp³-hybridized carbons (Fsp3) is 0.0625. The Hall–Kier alpha value is -2.60. The van der Waals surface area contributed by atoms with Gasteiger partial charge in [-0.05, 0) is 42.8 Å². The summed E-state index contributed by atoms with van der Waals surface area (Å²) < 4.78 is 26.2. The fourth-order valence-electron chi connectivity index (χ4n) is 1.72. The molecule has 0 unspecified atom stereocenters. The van der Waals surface area contributed by atoms with Gasteiger partial charge in [0.2, 0.25) is 0 Å². The van der Waals surface area contributed by atoms with Crippen molar-refractivity contribution in [3.63, 3.8) is 0 Å². The van der Waals surface area contributed by atoms with Crippen molar-refractivity contribution >= 4 is 27.8 Å². The van der Waals surface area contributed by atoms with Crippen LogP contribution in [0.1, 0.15) is 21.5 Å². The van der Waals surface area contributed by atoms with Crippen LogP contribution in [0.3, 0.4) is 0 Å². The second-order valence-electron chi connectivity index (χ2n) is 4.74. The van der Waals surface area contributed by atoms with Crippen molar-refractivity contribution in [3.05, 3.63) is 70.6 Å². The summed E-state index contributed by atoms with van der Waals surface area (Å²) in [6.45, 7) is 1.95. The number of sulfonamides is 1. The molecule has 0 bridgehead atoms. The molecule has 2 rings (SSSR count). The minimum absolute atomic E-state index is 0.0955. The van der Waals surface area contributed by atoms with E-state index in [9.17, 15) is 13.2 Å². The predicted octanol–water partition coefficient (Wildman–Crippen LogP) is 3.11. The summed E-state index contributed by atoms with van der Waals surface area (Å²) >= 11 is 0. The molecule has 2 aromatic rings. The summed E-state index contributed by atoms with van der Waals surface area (Å²) in [5.74, 6) is -1.06. The zero-order valence-electron chi connectivity index (χ0n) is 11.9. The van der Waals surface area contributed by atoms with Crippen LogP contribution in [-0.2, 0) is 10.0 Å². The first-order valence-corrected chi connectivity index (χ1v) is 8.01. The third-order valence-corrected chi connectivity index (χ3v) is 3.92. The normalized spacial score (nSPS) is 11.5. The Morgan fingerprint density at radius 3 is 2.18 bits per heavy atom. The molecule has 0 atom stereocenters. The number of hydrogen-bond donors (Lipinski definition) is 2. The largest absolute Gasteiger partial charge is 0.478 e. The van der Waals surface area contributed by atoms with Gasteiger partial charge in [0.25, 0.3) is 10.0 Å². The number of anilines is 1. The van der Waals surface area contributed by atoms with Gasteiger partial charge < -0.3 is 5.11 Å². The molecule has 0 radical (unpaired) electrons. The molecular formula is C16H15NO4S. The second kappa shape index (κ2) is 6.44. The molecule has 114 valence electrons. The minimum Gasteiger partial charge on any atom is -0.478 e. The number of carbonyl (C=O) groups is 1. The number of aromatic carboxylic acids is 1. The summed E-state index contributed by atoms with van der Waals surface area (Å²) in [5.41, 5.74) is 2.27. The Balaban J connectivity index is 2.10.